The number of nitrogens with one attached hydrogen (secondary N) is 1. The van der Waals surface area contributed by atoms with Gasteiger partial charge in [-0.1, -0.05) is 18.2 Å². The van der Waals surface area contributed by atoms with E-state index in [1.807, 2.05) is 35.2 Å². The second-order valence-corrected chi connectivity index (χ2v) is 7.77. The SMILES string of the molecule is O=C(Nc1ccc2c(c1)oc1ccccc12)c1ccc(N2CCCCC2)c([N+](=O)[O-])c1. The third-order valence-corrected chi connectivity index (χ3v) is 5.77. The molecule has 1 aromatic heterocycles. The number of hydrogen-bond acceptors (Lipinski definition) is 5. The van der Waals surface area contributed by atoms with Crippen LogP contribution in [0.4, 0.5) is 17.1 Å². The normalized spacial score (nSPS) is 14.1. The van der Waals surface area contributed by atoms with Gasteiger partial charge < -0.3 is 14.6 Å². The molecule has 4 aromatic rings. The Morgan fingerprint density at radius 2 is 1.71 bits per heavy atom. The van der Waals surface area contributed by atoms with Gasteiger partial charge in [0.25, 0.3) is 11.6 Å². The molecule has 0 bridgehead atoms. The predicted molar refractivity (Wildman–Crippen MR) is 121 cm³/mol. The van der Waals surface area contributed by atoms with Crippen molar-refractivity contribution >= 4 is 44.9 Å². The molecule has 0 saturated carbocycles. The van der Waals surface area contributed by atoms with Gasteiger partial charge in [-0.3, -0.25) is 14.9 Å². The minimum Gasteiger partial charge on any atom is -0.456 e. The molecule has 7 nitrogen and oxygen atoms in total. The fourth-order valence-electron chi connectivity index (χ4n) is 4.22. The first kappa shape index (κ1) is 19.1. The zero-order chi connectivity index (χ0) is 21.4. The van der Waals surface area contributed by atoms with Crippen LogP contribution in [0.15, 0.2) is 65.1 Å². The van der Waals surface area contributed by atoms with Crippen LogP contribution in [0.1, 0.15) is 29.6 Å². The lowest BCUT2D eigenvalue weighted by Gasteiger charge is -2.28. The maximum absolute atomic E-state index is 12.8. The molecule has 0 atom stereocenters. The lowest BCUT2D eigenvalue weighted by atomic mass is 10.1. The smallest absolute Gasteiger partial charge is 0.293 e. The number of benzene rings is 3. The van der Waals surface area contributed by atoms with Crippen molar-refractivity contribution in [1.82, 2.24) is 0 Å². The van der Waals surface area contributed by atoms with E-state index in [9.17, 15) is 14.9 Å². The number of nitro benzene ring substituents is 1. The maximum atomic E-state index is 12.8. The molecule has 1 aliphatic rings. The molecule has 0 radical (unpaired) electrons. The molecule has 2 heterocycles. The fraction of sp³-hybridized carbons (Fsp3) is 0.208. The molecule has 0 aliphatic carbocycles. The zero-order valence-electron chi connectivity index (χ0n) is 16.8. The van der Waals surface area contributed by atoms with Crippen molar-refractivity contribution in [3.8, 4) is 0 Å². The summed E-state index contributed by atoms with van der Waals surface area (Å²) >= 11 is 0. The molecule has 3 aromatic carbocycles. The number of carbonyl (C=O) groups is 1. The van der Waals surface area contributed by atoms with Crippen LogP contribution in [0.5, 0.6) is 0 Å². The molecule has 1 aliphatic heterocycles. The van der Waals surface area contributed by atoms with Gasteiger partial charge in [0, 0.05) is 47.2 Å². The molecular weight excluding hydrogens is 394 g/mol. The molecular formula is C24H21N3O4. The lowest BCUT2D eigenvalue weighted by molar-refractivity contribution is -0.384. The first-order valence-electron chi connectivity index (χ1n) is 10.4. The van der Waals surface area contributed by atoms with Gasteiger partial charge in [0.15, 0.2) is 0 Å². The highest BCUT2D eigenvalue weighted by atomic mass is 16.6. The summed E-state index contributed by atoms with van der Waals surface area (Å²) in [6, 6.07) is 17.9. The van der Waals surface area contributed by atoms with Gasteiger partial charge in [0.2, 0.25) is 0 Å². The highest BCUT2D eigenvalue weighted by Crippen LogP contribution is 2.33. The van der Waals surface area contributed by atoms with Gasteiger partial charge in [-0.2, -0.15) is 0 Å². The Bertz CT molecular complexity index is 1300. The van der Waals surface area contributed by atoms with E-state index in [2.05, 4.69) is 5.32 Å². The Morgan fingerprint density at radius 3 is 2.52 bits per heavy atom. The maximum Gasteiger partial charge on any atom is 0.293 e. The van der Waals surface area contributed by atoms with E-state index in [0.29, 0.717) is 17.0 Å². The Morgan fingerprint density at radius 1 is 0.935 bits per heavy atom. The second-order valence-electron chi connectivity index (χ2n) is 7.77. The summed E-state index contributed by atoms with van der Waals surface area (Å²) in [4.78, 5) is 26.1. The highest BCUT2D eigenvalue weighted by molar-refractivity contribution is 6.08. The summed E-state index contributed by atoms with van der Waals surface area (Å²) in [6.45, 7) is 1.59. The average Bonchev–Trinajstić information content (AvgIpc) is 3.17. The van der Waals surface area contributed by atoms with Crippen LogP contribution >= 0.6 is 0 Å². The molecule has 0 unspecified atom stereocenters. The Hall–Kier alpha value is -3.87. The van der Waals surface area contributed by atoms with Gasteiger partial charge in [-0.05, 0) is 49.6 Å². The number of carbonyl (C=O) groups excluding carboxylic acids is 1. The number of nitro groups is 1. The van der Waals surface area contributed by atoms with Gasteiger partial charge in [0.1, 0.15) is 16.9 Å². The summed E-state index contributed by atoms with van der Waals surface area (Å²) < 4.78 is 5.87. The Balaban J connectivity index is 1.42. The largest absolute Gasteiger partial charge is 0.456 e. The van der Waals surface area contributed by atoms with Gasteiger partial charge in [-0.15, -0.1) is 0 Å². The summed E-state index contributed by atoms with van der Waals surface area (Å²) in [6.07, 6.45) is 3.17. The van der Waals surface area contributed by atoms with Crippen molar-refractivity contribution in [3.05, 3.63) is 76.3 Å². The van der Waals surface area contributed by atoms with Crippen LogP contribution in [0.25, 0.3) is 21.9 Å². The van der Waals surface area contributed by atoms with Gasteiger partial charge in [-0.25, -0.2) is 0 Å². The first-order chi connectivity index (χ1) is 15.1. The highest BCUT2D eigenvalue weighted by Gasteiger charge is 2.23. The Labute approximate surface area is 178 Å². The molecule has 1 N–H and O–H groups in total. The summed E-state index contributed by atoms with van der Waals surface area (Å²) in [5.74, 6) is -0.399. The number of nitrogens with zero attached hydrogens (tertiary/aromatic N) is 2. The monoisotopic (exact) mass is 415 g/mol. The first-order valence-corrected chi connectivity index (χ1v) is 10.4. The third kappa shape index (κ3) is 3.59. The number of hydrogen-bond donors (Lipinski definition) is 1. The topological polar surface area (TPSA) is 88.6 Å². The van der Waals surface area contributed by atoms with Crippen molar-refractivity contribution in [2.24, 2.45) is 0 Å². The van der Waals surface area contributed by atoms with Crippen LogP contribution in [0.2, 0.25) is 0 Å². The van der Waals surface area contributed by atoms with E-state index in [1.165, 1.54) is 6.07 Å². The minimum atomic E-state index is -0.415. The number of anilines is 2. The number of para-hydroxylation sites is 1. The molecule has 156 valence electrons. The predicted octanol–water partition coefficient (Wildman–Crippen LogP) is 5.74. The average molecular weight is 415 g/mol. The third-order valence-electron chi connectivity index (χ3n) is 5.77. The standard InChI is InChI=1S/C24H21N3O4/c28-24(16-8-11-20(21(14-16)27(29)30)26-12-4-1-5-13-26)25-17-9-10-19-18-6-2-3-7-22(18)31-23(19)15-17/h2-3,6-11,14-15H,1,4-5,12-13H2,(H,25,28). The van der Waals surface area contributed by atoms with Gasteiger partial charge >= 0.3 is 0 Å². The molecule has 0 spiro atoms. The van der Waals surface area contributed by atoms with Crippen LogP contribution in [-0.4, -0.2) is 23.9 Å². The minimum absolute atomic E-state index is 0.0395. The van der Waals surface area contributed by atoms with E-state index in [-0.39, 0.29) is 11.3 Å². The Kier molecular flexibility index (Phi) is 4.78. The molecule has 1 saturated heterocycles. The summed E-state index contributed by atoms with van der Waals surface area (Å²) in [5, 5.41) is 16.5. The summed E-state index contributed by atoms with van der Waals surface area (Å²) in [5.41, 5.74) is 2.80. The van der Waals surface area contributed by atoms with Crippen molar-refractivity contribution in [2.75, 3.05) is 23.3 Å². The number of piperidine rings is 1. The van der Waals surface area contributed by atoms with E-state index in [1.54, 1.807) is 24.3 Å². The van der Waals surface area contributed by atoms with E-state index in [4.69, 9.17) is 4.42 Å². The van der Waals surface area contributed by atoms with Crippen LogP contribution in [0, 0.1) is 10.1 Å². The van der Waals surface area contributed by atoms with E-state index < -0.39 is 10.8 Å². The van der Waals surface area contributed by atoms with Crippen molar-refractivity contribution < 1.29 is 14.1 Å². The molecule has 1 amide bonds. The van der Waals surface area contributed by atoms with Crippen molar-refractivity contribution in [2.45, 2.75) is 19.3 Å². The lowest BCUT2D eigenvalue weighted by Crippen LogP contribution is -2.30. The molecule has 5 rings (SSSR count). The zero-order valence-corrected chi connectivity index (χ0v) is 16.8. The number of rotatable bonds is 4. The quantitative estimate of drug-likeness (QED) is 0.339. The van der Waals surface area contributed by atoms with Crippen molar-refractivity contribution in [3.63, 3.8) is 0 Å². The summed E-state index contributed by atoms with van der Waals surface area (Å²) in [7, 11) is 0. The number of furan rings is 1. The van der Waals surface area contributed by atoms with Crippen LogP contribution < -0.4 is 10.2 Å². The van der Waals surface area contributed by atoms with E-state index >= 15 is 0 Å². The fourth-order valence-corrected chi connectivity index (χ4v) is 4.22. The van der Waals surface area contributed by atoms with Crippen LogP contribution in [-0.2, 0) is 0 Å². The molecule has 7 heteroatoms. The molecule has 31 heavy (non-hydrogen) atoms. The second kappa shape index (κ2) is 7.75. The van der Waals surface area contributed by atoms with Crippen molar-refractivity contribution in [1.29, 1.82) is 0 Å². The number of fused-ring (bicyclic) bond motifs is 3. The van der Waals surface area contributed by atoms with E-state index in [0.717, 1.165) is 48.7 Å². The number of amides is 1. The molecule has 1 fully saturated rings. The van der Waals surface area contributed by atoms with Gasteiger partial charge in [0.05, 0.1) is 4.92 Å². The van der Waals surface area contributed by atoms with Crippen LogP contribution in [0.3, 0.4) is 0 Å².